The van der Waals surface area contributed by atoms with E-state index in [1.165, 1.54) is 0 Å². The van der Waals surface area contributed by atoms with Gasteiger partial charge in [0.2, 0.25) is 0 Å². The minimum atomic E-state index is -2.21. The summed E-state index contributed by atoms with van der Waals surface area (Å²) in [4.78, 5) is 3.92. The van der Waals surface area contributed by atoms with Gasteiger partial charge in [-0.15, -0.1) is 11.6 Å². The van der Waals surface area contributed by atoms with Crippen molar-refractivity contribution in [2.75, 3.05) is 6.54 Å². The average molecular weight is 234 g/mol. The third kappa shape index (κ3) is 4.15. The number of rotatable bonds is 5. The minimum absolute atomic E-state index is 0.209. The highest BCUT2D eigenvalue weighted by atomic mass is 35.5. The molecule has 6 heteroatoms. The van der Waals surface area contributed by atoms with Gasteiger partial charge in [0.1, 0.15) is 0 Å². The Morgan fingerprint density at radius 3 is 3.07 bits per heavy atom. The lowest BCUT2D eigenvalue weighted by Gasteiger charge is -2.10. The molecule has 0 spiro atoms. The molecule has 0 saturated carbocycles. The SMILES string of the molecule is O=S([O-])NCCC(Cl)c1cccnc1. The lowest BCUT2D eigenvalue weighted by atomic mass is 10.1. The van der Waals surface area contributed by atoms with Crippen LogP contribution in [0.25, 0.3) is 0 Å². The molecule has 78 valence electrons. The molecule has 1 heterocycles. The van der Waals surface area contributed by atoms with Crippen LogP contribution in [0.5, 0.6) is 0 Å². The Morgan fingerprint density at radius 2 is 2.50 bits per heavy atom. The Bertz CT molecular complexity index is 297. The van der Waals surface area contributed by atoms with Gasteiger partial charge in [-0.05, 0) is 18.1 Å². The summed E-state index contributed by atoms with van der Waals surface area (Å²) in [6, 6.07) is 3.66. The zero-order valence-electron chi connectivity index (χ0n) is 7.35. The average Bonchev–Trinajstić information content (AvgIpc) is 2.18. The summed E-state index contributed by atoms with van der Waals surface area (Å²) in [5.41, 5.74) is 0.896. The van der Waals surface area contributed by atoms with E-state index in [2.05, 4.69) is 9.71 Å². The van der Waals surface area contributed by atoms with Crippen molar-refractivity contribution < 1.29 is 8.76 Å². The van der Waals surface area contributed by atoms with Gasteiger partial charge in [-0.25, -0.2) is 4.72 Å². The summed E-state index contributed by atoms with van der Waals surface area (Å²) in [7, 11) is 0. The van der Waals surface area contributed by atoms with Gasteiger partial charge in [0, 0.05) is 30.2 Å². The molecule has 4 nitrogen and oxygen atoms in total. The fourth-order valence-electron chi connectivity index (χ4n) is 0.997. The third-order valence-electron chi connectivity index (χ3n) is 1.66. The van der Waals surface area contributed by atoms with Crippen LogP contribution in [0.3, 0.4) is 0 Å². The predicted molar refractivity (Wildman–Crippen MR) is 54.4 cm³/mol. The summed E-state index contributed by atoms with van der Waals surface area (Å²) in [6.45, 7) is 0.333. The van der Waals surface area contributed by atoms with Crippen LogP contribution >= 0.6 is 11.6 Å². The molecule has 0 aromatic carbocycles. The summed E-state index contributed by atoms with van der Waals surface area (Å²) in [5.74, 6) is 0. The molecular weight excluding hydrogens is 224 g/mol. The number of hydrogen-bond donors (Lipinski definition) is 1. The largest absolute Gasteiger partial charge is 0.760 e. The molecular formula is C8H10ClN2O2S-. The van der Waals surface area contributed by atoms with Crippen LogP contribution in [0.4, 0.5) is 0 Å². The Labute approximate surface area is 90.1 Å². The van der Waals surface area contributed by atoms with Gasteiger partial charge in [0.05, 0.1) is 5.38 Å². The molecule has 1 rings (SSSR count). The van der Waals surface area contributed by atoms with E-state index in [1.54, 1.807) is 18.5 Å². The Kier molecular flexibility index (Phi) is 5.03. The molecule has 0 fully saturated rings. The van der Waals surface area contributed by atoms with Crippen molar-refractivity contribution in [3.63, 3.8) is 0 Å². The van der Waals surface area contributed by atoms with E-state index in [0.717, 1.165) is 5.56 Å². The van der Waals surface area contributed by atoms with Gasteiger partial charge in [0.25, 0.3) is 0 Å². The highest BCUT2D eigenvalue weighted by Crippen LogP contribution is 2.22. The quantitative estimate of drug-likeness (QED) is 0.613. The van der Waals surface area contributed by atoms with E-state index < -0.39 is 11.3 Å². The van der Waals surface area contributed by atoms with Gasteiger partial charge in [-0.3, -0.25) is 9.19 Å². The van der Waals surface area contributed by atoms with Gasteiger partial charge in [-0.1, -0.05) is 6.07 Å². The Balaban J connectivity index is 2.36. The minimum Gasteiger partial charge on any atom is -0.760 e. The van der Waals surface area contributed by atoms with E-state index in [9.17, 15) is 8.76 Å². The Hall–Kier alpha value is -0.490. The number of nitrogens with one attached hydrogen (secondary N) is 1. The van der Waals surface area contributed by atoms with Crippen LogP contribution in [0.2, 0.25) is 0 Å². The molecule has 1 aromatic rings. The van der Waals surface area contributed by atoms with E-state index in [0.29, 0.717) is 13.0 Å². The van der Waals surface area contributed by atoms with Crippen LogP contribution in [-0.4, -0.2) is 20.3 Å². The first-order chi connectivity index (χ1) is 6.70. The molecule has 0 aliphatic carbocycles. The number of nitrogens with zero attached hydrogens (tertiary/aromatic N) is 1. The molecule has 0 aliphatic heterocycles. The number of alkyl halides is 1. The standard InChI is InChI=1S/C8H11ClN2O2S/c9-8(3-5-11-14(12)13)7-2-1-4-10-6-7/h1-2,4,6,8,11H,3,5H2,(H,12,13)/p-1. The van der Waals surface area contributed by atoms with E-state index >= 15 is 0 Å². The van der Waals surface area contributed by atoms with Crippen LogP contribution in [0, 0.1) is 0 Å². The molecule has 1 aromatic heterocycles. The molecule has 0 bridgehead atoms. The zero-order valence-corrected chi connectivity index (χ0v) is 8.92. The van der Waals surface area contributed by atoms with Gasteiger partial charge >= 0.3 is 0 Å². The van der Waals surface area contributed by atoms with Crippen molar-refractivity contribution in [1.82, 2.24) is 9.71 Å². The Morgan fingerprint density at radius 1 is 1.71 bits per heavy atom. The maximum Gasteiger partial charge on any atom is 0.0612 e. The first-order valence-electron chi connectivity index (χ1n) is 4.07. The van der Waals surface area contributed by atoms with Crippen LogP contribution < -0.4 is 4.72 Å². The zero-order chi connectivity index (χ0) is 10.4. The molecule has 0 saturated heterocycles. The first-order valence-corrected chi connectivity index (χ1v) is 5.58. The summed E-state index contributed by atoms with van der Waals surface area (Å²) < 4.78 is 22.6. The lowest BCUT2D eigenvalue weighted by Crippen LogP contribution is -2.18. The van der Waals surface area contributed by atoms with Gasteiger partial charge in [0.15, 0.2) is 0 Å². The second-order valence-electron chi connectivity index (χ2n) is 2.67. The van der Waals surface area contributed by atoms with E-state index in [-0.39, 0.29) is 5.38 Å². The van der Waals surface area contributed by atoms with Gasteiger partial charge < -0.3 is 4.55 Å². The second-order valence-corrected chi connectivity index (χ2v) is 3.96. The van der Waals surface area contributed by atoms with E-state index in [1.807, 2.05) is 6.07 Å². The predicted octanol–water partition coefficient (Wildman–Crippen LogP) is 1.14. The molecule has 14 heavy (non-hydrogen) atoms. The van der Waals surface area contributed by atoms with Crippen molar-refractivity contribution in [3.05, 3.63) is 30.1 Å². The molecule has 0 radical (unpaired) electrons. The summed E-state index contributed by atoms with van der Waals surface area (Å²) in [6.07, 6.45) is 3.88. The number of halogens is 1. The fourth-order valence-corrected chi connectivity index (χ4v) is 1.52. The van der Waals surface area contributed by atoms with Crippen LogP contribution in [-0.2, 0) is 11.3 Å². The summed E-state index contributed by atoms with van der Waals surface area (Å²) >= 11 is 3.80. The highest BCUT2D eigenvalue weighted by molar-refractivity contribution is 7.77. The van der Waals surface area contributed by atoms with Crippen LogP contribution in [0.1, 0.15) is 17.4 Å². The molecule has 2 unspecified atom stereocenters. The number of aromatic nitrogens is 1. The third-order valence-corrected chi connectivity index (χ3v) is 2.57. The fraction of sp³-hybridized carbons (Fsp3) is 0.375. The van der Waals surface area contributed by atoms with Crippen LogP contribution in [0.15, 0.2) is 24.5 Å². The number of hydrogen-bond acceptors (Lipinski definition) is 3. The summed E-state index contributed by atoms with van der Waals surface area (Å²) in [5, 5.41) is -0.209. The molecule has 0 amide bonds. The molecule has 1 N–H and O–H groups in total. The lowest BCUT2D eigenvalue weighted by molar-refractivity contribution is 0.521. The molecule has 2 atom stereocenters. The first kappa shape index (κ1) is 11.6. The monoisotopic (exact) mass is 233 g/mol. The van der Waals surface area contributed by atoms with Gasteiger partial charge in [-0.2, -0.15) is 0 Å². The second kappa shape index (κ2) is 6.08. The topological polar surface area (TPSA) is 65.0 Å². The number of pyridine rings is 1. The van der Waals surface area contributed by atoms with Crippen molar-refractivity contribution in [2.24, 2.45) is 0 Å². The maximum atomic E-state index is 10.2. The molecule has 0 aliphatic rings. The highest BCUT2D eigenvalue weighted by Gasteiger charge is 2.06. The smallest absolute Gasteiger partial charge is 0.0612 e. The normalized spacial score (nSPS) is 15.0. The van der Waals surface area contributed by atoms with Crippen molar-refractivity contribution in [3.8, 4) is 0 Å². The van der Waals surface area contributed by atoms with Crippen molar-refractivity contribution >= 4 is 22.9 Å². The van der Waals surface area contributed by atoms with Crippen molar-refractivity contribution in [2.45, 2.75) is 11.8 Å². The van der Waals surface area contributed by atoms with E-state index in [4.69, 9.17) is 11.6 Å². The maximum absolute atomic E-state index is 10.2. The van der Waals surface area contributed by atoms with Crippen molar-refractivity contribution in [1.29, 1.82) is 0 Å².